The van der Waals surface area contributed by atoms with E-state index in [-0.39, 0.29) is 5.54 Å². The Labute approximate surface area is 132 Å². The molecule has 21 heavy (non-hydrogen) atoms. The van der Waals surface area contributed by atoms with E-state index < -0.39 is 0 Å². The summed E-state index contributed by atoms with van der Waals surface area (Å²) in [5.41, 5.74) is 2.32. The van der Waals surface area contributed by atoms with Crippen LogP contribution in [0.1, 0.15) is 79.8 Å². The molecule has 0 amide bonds. The van der Waals surface area contributed by atoms with Gasteiger partial charge in [0.05, 0.1) is 11.2 Å². The number of hydrogen-bond donors (Lipinski definition) is 1. The van der Waals surface area contributed by atoms with Crippen LogP contribution in [0.4, 0.5) is 0 Å². The van der Waals surface area contributed by atoms with Crippen LogP contribution in [-0.2, 0) is 18.4 Å². The van der Waals surface area contributed by atoms with E-state index in [4.69, 9.17) is 4.98 Å². The number of rotatable bonds is 2. The average molecular weight is 305 g/mol. The Balaban J connectivity index is 1.58. The highest BCUT2D eigenvalue weighted by molar-refractivity contribution is 7.11. The second kappa shape index (κ2) is 5.34. The molecule has 1 aromatic heterocycles. The standard InChI is InChI=1S/C18H28N2S/c1-19-18(12-10-17(11-13-18)8-4-5-9-17)16-20-14-6-2-3-7-15(14)21-16/h19H,2-13H2,1H3. The molecule has 2 nitrogen and oxygen atoms in total. The van der Waals surface area contributed by atoms with Crippen LogP contribution in [0.2, 0.25) is 0 Å². The monoisotopic (exact) mass is 304 g/mol. The van der Waals surface area contributed by atoms with Crippen LogP contribution in [0, 0.1) is 5.41 Å². The third kappa shape index (κ3) is 2.37. The molecule has 0 aliphatic heterocycles. The molecule has 0 unspecified atom stereocenters. The Morgan fingerprint density at radius 3 is 2.29 bits per heavy atom. The van der Waals surface area contributed by atoms with Gasteiger partial charge in [-0.1, -0.05) is 12.8 Å². The van der Waals surface area contributed by atoms with Gasteiger partial charge in [0, 0.05) is 4.88 Å². The maximum Gasteiger partial charge on any atom is 0.113 e. The van der Waals surface area contributed by atoms with Crippen LogP contribution < -0.4 is 5.32 Å². The molecule has 116 valence electrons. The first-order valence-corrected chi connectivity index (χ1v) is 9.75. The lowest BCUT2D eigenvalue weighted by atomic mass is 9.66. The number of aryl methyl sites for hydroxylation is 2. The fraction of sp³-hybridized carbons (Fsp3) is 0.833. The van der Waals surface area contributed by atoms with Crippen molar-refractivity contribution in [3.8, 4) is 0 Å². The Bertz CT molecular complexity index is 480. The summed E-state index contributed by atoms with van der Waals surface area (Å²) in [4.78, 5) is 6.68. The highest BCUT2D eigenvalue weighted by atomic mass is 32.1. The molecule has 3 aliphatic carbocycles. The molecule has 1 heterocycles. The zero-order chi connectivity index (χ0) is 14.3. The van der Waals surface area contributed by atoms with Gasteiger partial charge in [0.25, 0.3) is 0 Å². The van der Waals surface area contributed by atoms with Crippen molar-refractivity contribution >= 4 is 11.3 Å². The number of thiazole rings is 1. The zero-order valence-electron chi connectivity index (χ0n) is 13.3. The zero-order valence-corrected chi connectivity index (χ0v) is 14.2. The van der Waals surface area contributed by atoms with Crippen molar-refractivity contribution in [2.45, 2.75) is 82.6 Å². The molecule has 0 saturated heterocycles. The van der Waals surface area contributed by atoms with Crippen molar-refractivity contribution in [1.82, 2.24) is 10.3 Å². The number of hydrogen-bond acceptors (Lipinski definition) is 3. The van der Waals surface area contributed by atoms with E-state index in [1.807, 2.05) is 11.3 Å². The second-order valence-corrected chi connectivity index (χ2v) is 8.72. The molecule has 0 radical (unpaired) electrons. The minimum Gasteiger partial charge on any atom is -0.308 e. The van der Waals surface area contributed by atoms with Crippen LogP contribution in [-0.4, -0.2) is 12.0 Å². The normalized spacial score (nSPS) is 26.9. The van der Waals surface area contributed by atoms with Gasteiger partial charge in [-0.25, -0.2) is 4.98 Å². The van der Waals surface area contributed by atoms with E-state index in [0.717, 1.165) is 0 Å². The molecule has 1 spiro atoms. The van der Waals surface area contributed by atoms with Crippen LogP contribution in [0.25, 0.3) is 0 Å². The largest absolute Gasteiger partial charge is 0.308 e. The summed E-state index contributed by atoms with van der Waals surface area (Å²) in [6, 6.07) is 0. The van der Waals surface area contributed by atoms with Crippen molar-refractivity contribution < 1.29 is 0 Å². The minimum absolute atomic E-state index is 0.190. The summed E-state index contributed by atoms with van der Waals surface area (Å²) in [5, 5.41) is 5.10. The first-order chi connectivity index (χ1) is 10.3. The van der Waals surface area contributed by atoms with Gasteiger partial charge >= 0.3 is 0 Å². The third-order valence-corrected chi connectivity index (χ3v) is 7.92. The molecule has 0 atom stereocenters. The molecule has 3 heteroatoms. The van der Waals surface area contributed by atoms with Gasteiger partial charge < -0.3 is 5.32 Å². The topological polar surface area (TPSA) is 24.9 Å². The van der Waals surface area contributed by atoms with E-state index in [2.05, 4.69) is 12.4 Å². The van der Waals surface area contributed by atoms with Gasteiger partial charge in [0.1, 0.15) is 5.01 Å². The number of nitrogens with one attached hydrogen (secondary N) is 1. The average Bonchev–Trinajstić information content (AvgIpc) is 3.16. The lowest BCUT2D eigenvalue weighted by molar-refractivity contribution is 0.114. The van der Waals surface area contributed by atoms with Gasteiger partial charge in [-0.05, 0) is 76.7 Å². The summed E-state index contributed by atoms with van der Waals surface area (Å²) in [7, 11) is 2.16. The van der Waals surface area contributed by atoms with Gasteiger partial charge in [0.2, 0.25) is 0 Å². The first-order valence-electron chi connectivity index (χ1n) is 8.93. The molecule has 1 N–H and O–H groups in total. The van der Waals surface area contributed by atoms with Crippen LogP contribution in [0.3, 0.4) is 0 Å². The van der Waals surface area contributed by atoms with Crippen molar-refractivity contribution in [2.24, 2.45) is 5.41 Å². The Kier molecular flexibility index (Phi) is 3.61. The van der Waals surface area contributed by atoms with Crippen molar-refractivity contribution in [2.75, 3.05) is 7.05 Å². The maximum atomic E-state index is 5.09. The Hall–Kier alpha value is -0.410. The highest BCUT2D eigenvalue weighted by Gasteiger charge is 2.45. The molecule has 0 aromatic carbocycles. The van der Waals surface area contributed by atoms with Crippen molar-refractivity contribution in [1.29, 1.82) is 0 Å². The van der Waals surface area contributed by atoms with E-state index in [1.165, 1.54) is 87.8 Å². The van der Waals surface area contributed by atoms with Gasteiger partial charge in [0.15, 0.2) is 0 Å². The Morgan fingerprint density at radius 2 is 1.62 bits per heavy atom. The third-order valence-electron chi connectivity index (χ3n) is 6.56. The lowest BCUT2D eigenvalue weighted by Gasteiger charge is -2.44. The van der Waals surface area contributed by atoms with Crippen LogP contribution in [0.15, 0.2) is 0 Å². The molecular formula is C18H28N2S. The van der Waals surface area contributed by atoms with E-state index in [1.54, 1.807) is 4.88 Å². The summed E-state index contributed by atoms with van der Waals surface area (Å²) in [6.07, 6.45) is 16.5. The minimum atomic E-state index is 0.190. The van der Waals surface area contributed by atoms with Crippen molar-refractivity contribution in [3.63, 3.8) is 0 Å². The van der Waals surface area contributed by atoms with E-state index >= 15 is 0 Å². The molecule has 2 saturated carbocycles. The van der Waals surface area contributed by atoms with Gasteiger partial charge in [-0.2, -0.15) is 0 Å². The number of nitrogens with zero attached hydrogens (tertiary/aromatic N) is 1. The molecule has 1 aromatic rings. The van der Waals surface area contributed by atoms with Crippen molar-refractivity contribution in [3.05, 3.63) is 15.6 Å². The van der Waals surface area contributed by atoms with Gasteiger partial charge in [-0.15, -0.1) is 11.3 Å². The van der Waals surface area contributed by atoms with E-state index in [9.17, 15) is 0 Å². The first kappa shape index (κ1) is 14.2. The summed E-state index contributed by atoms with van der Waals surface area (Å²) >= 11 is 2.02. The SMILES string of the molecule is CNC1(c2nc3c(s2)CCCC3)CCC2(CCCC2)CC1. The predicted molar refractivity (Wildman–Crippen MR) is 88.9 cm³/mol. The van der Waals surface area contributed by atoms with Gasteiger partial charge in [-0.3, -0.25) is 0 Å². The summed E-state index contributed by atoms with van der Waals surface area (Å²) in [5.74, 6) is 0. The Morgan fingerprint density at radius 1 is 0.905 bits per heavy atom. The molecular weight excluding hydrogens is 276 g/mol. The molecule has 0 bridgehead atoms. The second-order valence-electron chi connectivity index (χ2n) is 7.64. The molecule has 2 fully saturated rings. The smallest absolute Gasteiger partial charge is 0.113 e. The quantitative estimate of drug-likeness (QED) is 0.865. The van der Waals surface area contributed by atoms with Crippen LogP contribution in [0.5, 0.6) is 0 Å². The summed E-state index contributed by atoms with van der Waals surface area (Å²) in [6.45, 7) is 0. The maximum absolute atomic E-state index is 5.09. The lowest BCUT2D eigenvalue weighted by Crippen LogP contribution is -2.45. The van der Waals surface area contributed by atoms with Crippen LogP contribution >= 0.6 is 11.3 Å². The van der Waals surface area contributed by atoms with E-state index in [0.29, 0.717) is 5.41 Å². The molecule has 3 aliphatic rings. The number of fused-ring (bicyclic) bond motifs is 1. The summed E-state index contributed by atoms with van der Waals surface area (Å²) < 4.78 is 0. The predicted octanol–water partition coefficient (Wildman–Crippen LogP) is 4.57. The highest BCUT2D eigenvalue weighted by Crippen LogP contribution is 2.54. The molecule has 4 rings (SSSR count). The number of aromatic nitrogens is 1. The fourth-order valence-corrected chi connectivity index (χ4v) is 6.36. The fourth-order valence-electron chi connectivity index (χ4n) is 4.96.